The Morgan fingerprint density at radius 3 is 2.18 bits per heavy atom. The Morgan fingerprint density at radius 1 is 1.00 bits per heavy atom. The summed E-state index contributed by atoms with van der Waals surface area (Å²) in [7, 11) is -2.31. The van der Waals surface area contributed by atoms with Gasteiger partial charge in [-0.3, -0.25) is 0 Å². The quantitative estimate of drug-likeness (QED) is 0.315. The van der Waals surface area contributed by atoms with E-state index in [2.05, 4.69) is 20.7 Å². The zero-order chi connectivity index (χ0) is 24.6. The molecule has 0 saturated carbocycles. The molecule has 0 bridgehead atoms. The zero-order valence-electron chi connectivity index (χ0n) is 18.1. The molecule has 3 aromatic rings. The largest absolute Gasteiger partial charge is 0.573 e. The highest BCUT2D eigenvalue weighted by Crippen LogP contribution is 2.41. The summed E-state index contributed by atoms with van der Waals surface area (Å²) in [6.45, 7) is 3.64. The molecule has 0 radical (unpaired) electrons. The van der Waals surface area contributed by atoms with Gasteiger partial charge in [0.05, 0.1) is 19.1 Å². The third kappa shape index (κ3) is 6.01. The molecule has 0 atom stereocenters. The van der Waals surface area contributed by atoms with E-state index in [0.717, 1.165) is 12.3 Å². The van der Waals surface area contributed by atoms with Crippen molar-refractivity contribution in [2.45, 2.75) is 25.6 Å². The van der Waals surface area contributed by atoms with Crippen LogP contribution in [0.4, 0.5) is 23.9 Å². The first-order chi connectivity index (χ1) is 15.2. The molecule has 0 amide bonds. The summed E-state index contributed by atoms with van der Waals surface area (Å²) < 4.78 is 74.9. The van der Waals surface area contributed by atoms with Crippen molar-refractivity contribution in [1.29, 1.82) is 0 Å². The Hall–Kier alpha value is -2.24. The minimum Gasteiger partial charge on any atom is -0.497 e. The Kier molecular flexibility index (Phi) is 7.07. The molecule has 5 nitrogen and oxygen atoms in total. The lowest BCUT2D eigenvalue weighted by Gasteiger charge is -2.29. The minimum absolute atomic E-state index is 0.200. The second-order valence-corrected chi connectivity index (χ2v) is 11.4. The van der Waals surface area contributed by atoms with Gasteiger partial charge in [-0.2, -0.15) is 0 Å². The number of ether oxygens (including phenoxy) is 2. The van der Waals surface area contributed by atoms with Crippen molar-refractivity contribution in [2.24, 2.45) is 0 Å². The van der Waals surface area contributed by atoms with Crippen LogP contribution in [0.25, 0.3) is 0 Å². The van der Waals surface area contributed by atoms with Crippen LogP contribution in [0.1, 0.15) is 25.0 Å². The molecular weight excluding hydrogens is 543 g/mol. The van der Waals surface area contributed by atoms with Crippen LogP contribution in [0, 0.1) is 0 Å². The molecule has 0 aliphatic rings. The average Bonchev–Trinajstić information content (AvgIpc) is 3.18. The van der Waals surface area contributed by atoms with E-state index >= 15 is 0 Å². The molecule has 0 saturated heterocycles. The number of halogens is 4. The summed E-state index contributed by atoms with van der Waals surface area (Å²) in [5, 5.41) is 2.29. The van der Waals surface area contributed by atoms with Crippen LogP contribution in [0.3, 0.4) is 0 Å². The normalized spacial score (nSPS) is 12.5. The first kappa shape index (κ1) is 25.4. The molecule has 1 aromatic heterocycles. The van der Waals surface area contributed by atoms with E-state index < -0.39 is 27.6 Å². The van der Waals surface area contributed by atoms with Gasteiger partial charge in [0.2, 0.25) is 10.0 Å². The molecule has 0 fully saturated rings. The van der Waals surface area contributed by atoms with Crippen LogP contribution in [-0.2, 0) is 15.4 Å². The van der Waals surface area contributed by atoms with Gasteiger partial charge < -0.3 is 9.47 Å². The molecule has 11 heteroatoms. The third-order valence-corrected chi connectivity index (χ3v) is 7.45. The maximum Gasteiger partial charge on any atom is 0.573 e. The van der Waals surface area contributed by atoms with Gasteiger partial charge in [0, 0.05) is 16.0 Å². The predicted octanol–water partition coefficient (Wildman–Crippen LogP) is 6.84. The number of anilines is 2. The molecular formula is C22H21BrF3NO4S2. The van der Waals surface area contributed by atoms with Crippen LogP contribution in [0.15, 0.2) is 58.4 Å². The van der Waals surface area contributed by atoms with E-state index in [1.807, 2.05) is 13.8 Å². The molecule has 3 rings (SSSR count). The Labute approximate surface area is 202 Å². The van der Waals surface area contributed by atoms with Crippen molar-refractivity contribution in [2.75, 3.05) is 17.7 Å². The van der Waals surface area contributed by atoms with Crippen LogP contribution >= 0.6 is 27.3 Å². The van der Waals surface area contributed by atoms with Crippen molar-refractivity contribution in [3.63, 3.8) is 0 Å². The predicted molar refractivity (Wildman–Crippen MR) is 127 cm³/mol. The number of rotatable bonds is 7. The molecule has 0 aliphatic carbocycles. The van der Waals surface area contributed by atoms with Crippen molar-refractivity contribution in [3.8, 4) is 11.5 Å². The fraction of sp³-hybridized carbons (Fsp3) is 0.273. The van der Waals surface area contributed by atoms with Crippen LogP contribution < -0.4 is 13.8 Å². The average molecular weight is 564 g/mol. The highest BCUT2D eigenvalue weighted by Gasteiger charge is 2.33. The number of alkyl halides is 3. The van der Waals surface area contributed by atoms with Crippen LogP contribution in [0.5, 0.6) is 11.5 Å². The van der Waals surface area contributed by atoms with Gasteiger partial charge in [0.25, 0.3) is 0 Å². The highest BCUT2D eigenvalue weighted by atomic mass is 79.9. The third-order valence-electron chi connectivity index (χ3n) is 4.95. The molecule has 2 aromatic carbocycles. The maximum absolute atomic E-state index is 12.8. The van der Waals surface area contributed by atoms with Gasteiger partial charge in [-0.1, -0.05) is 29.8 Å². The molecule has 0 N–H and O–H groups in total. The Morgan fingerprint density at radius 2 is 1.64 bits per heavy atom. The van der Waals surface area contributed by atoms with E-state index in [0.29, 0.717) is 26.3 Å². The maximum atomic E-state index is 12.8. The summed E-state index contributed by atoms with van der Waals surface area (Å²) in [5.41, 5.74) is 0.720. The highest BCUT2D eigenvalue weighted by molar-refractivity contribution is 9.10. The van der Waals surface area contributed by atoms with Gasteiger partial charge in [0.1, 0.15) is 16.5 Å². The van der Waals surface area contributed by atoms with E-state index in [1.54, 1.807) is 41.8 Å². The van der Waals surface area contributed by atoms with Gasteiger partial charge in [-0.25, -0.2) is 12.7 Å². The molecule has 0 unspecified atom stereocenters. The molecule has 1 heterocycles. The van der Waals surface area contributed by atoms with E-state index in [4.69, 9.17) is 4.74 Å². The molecule has 0 spiro atoms. The lowest BCUT2D eigenvalue weighted by Crippen LogP contribution is -2.25. The second kappa shape index (κ2) is 9.19. The number of hydrogen-bond donors (Lipinski definition) is 0. The minimum atomic E-state index is -4.85. The number of hydrogen-bond acceptors (Lipinski definition) is 5. The van der Waals surface area contributed by atoms with Crippen molar-refractivity contribution < 1.29 is 31.1 Å². The number of sulfonamides is 1. The fourth-order valence-electron chi connectivity index (χ4n) is 3.33. The second-order valence-electron chi connectivity index (χ2n) is 7.75. The van der Waals surface area contributed by atoms with Gasteiger partial charge in [0.15, 0.2) is 0 Å². The van der Waals surface area contributed by atoms with Crippen molar-refractivity contribution in [1.82, 2.24) is 0 Å². The summed E-state index contributed by atoms with van der Waals surface area (Å²) in [4.78, 5) is 0. The summed E-state index contributed by atoms with van der Waals surface area (Å²) >= 11 is 4.71. The number of nitrogens with zero attached hydrogens (tertiary/aromatic N) is 1. The number of thiophene rings is 1. The van der Waals surface area contributed by atoms with Crippen molar-refractivity contribution in [3.05, 3.63) is 69.5 Å². The summed E-state index contributed by atoms with van der Waals surface area (Å²) in [5.74, 6) is -0.206. The monoisotopic (exact) mass is 563 g/mol. The van der Waals surface area contributed by atoms with E-state index in [1.165, 1.54) is 28.8 Å². The SMILES string of the molecule is COc1cc(OC(F)(F)F)cc(C(C)(C)c2cc(Br)cc(N(c3cccs3)S(C)(=O)=O)c2)c1. The summed E-state index contributed by atoms with van der Waals surface area (Å²) in [6.07, 6.45) is -3.74. The number of benzene rings is 2. The Balaban J connectivity index is 2.15. The van der Waals surface area contributed by atoms with Gasteiger partial charge >= 0.3 is 6.36 Å². The first-order valence-electron chi connectivity index (χ1n) is 9.51. The zero-order valence-corrected chi connectivity index (χ0v) is 21.3. The first-order valence-corrected chi connectivity index (χ1v) is 13.0. The Bertz CT molecular complexity index is 1240. The summed E-state index contributed by atoms with van der Waals surface area (Å²) in [6, 6.07) is 12.7. The fourth-order valence-corrected chi connectivity index (χ4v) is 5.88. The lowest BCUT2D eigenvalue weighted by atomic mass is 9.78. The molecule has 33 heavy (non-hydrogen) atoms. The van der Waals surface area contributed by atoms with Crippen molar-refractivity contribution >= 4 is 48.0 Å². The molecule has 0 aliphatic heterocycles. The van der Waals surface area contributed by atoms with Gasteiger partial charge in [-0.15, -0.1) is 24.5 Å². The van der Waals surface area contributed by atoms with Crippen LogP contribution in [-0.4, -0.2) is 28.1 Å². The number of methoxy groups -OCH3 is 1. The smallest absolute Gasteiger partial charge is 0.497 e. The standard InChI is InChI=1S/C22H21BrF3NO4S2/c1-21(2,15-10-18(30-3)13-19(11-15)31-22(24,25)26)14-8-16(23)12-17(9-14)27(33(4,28)29)20-6-5-7-32-20/h5-13H,1-4H3. The van der Waals surface area contributed by atoms with Gasteiger partial charge in [-0.05, 0) is 59.0 Å². The van der Waals surface area contributed by atoms with E-state index in [-0.39, 0.29) is 5.75 Å². The molecule has 178 valence electrons. The van der Waals surface area contributed by atoms with Crippen LogP contribution in [0.2, 0.25) is 0 Å². The topological polar surface area (TPSA) is 55.8 Å². The van der Waals surface area contributed by atoms with E-state index in [9.17, 15) is 21.6 Å². The lowest BCUT2D eigenvalue weighted by molar-refractivity contribution is -0.274.